The quantitative estimate of drug-likeness (QED) is 0.208. The number of aliphatic hydroxyl groups excluding tert-OH is 1. The number of ether oxygens (including phenoxy) is 1. The third-order valence-corrected chi connectivity index (χ3v) is 12.7. The molecular formula is C35H57N3O3. The molecule has 41 heavy (non-hydrogen) atoms. The van der Waals surface area contributed by atoms with Crippen LogP contribution in [0, 0.1) is 46.3 Å². The summed E-state index contributed by atoms with van der Waals surface area (Å²) in [7, 11) is 1.49. The van der Waals surface area contributed by atoms with E-state index in [0.29, 0.717) is 58.8 Å². The van der Waals surface area contributed by atoms with Crippen LogP contribution in [0.25, 0.3) is 0 Å². The van der Waals surface area contributed by atoms with Crippen molar-refractivity contribution >= 4 is 5.97 Å². The van der Waals surface area contributed by atoms with E-state index in [4.69, 9.17) is 4.74 Å². The molecule has 1 heterocycles. The molecule has 230 valence electrons. The second-order valence-corrected chi connectivity index (χ2v) is 14.8. The normalized spacial score (nSPS) is 38.9. The average Bonchev–Trinajstić information content (AvgIpc) is 3.33. The van der Waals surface area contributed by atoms with Gasteiger partial charge in [0.2, 0.25) is 0 Å². The van der Waals surface area contributed by atoms with Crippen LogP contribution < -0.4 is 10.6 Å². The Morgan fingerprint density at radius 1 is 1.10 bits per heavy atom. The Labute approximate surface area is 249 Å². The van der Waals surface area contributed by atoms with Crippen LogP contribution >= 0.6 is 0 Å². The maximum atomic E-state index is 11.8. The summed E-state index contributed by atoms with van der Waals surface area (Å²) >= 11 is 0. The number of aromatic nitrogens is 1. The molecular weight excluding hydrogens is 510 g/mol. The predicted molar refractivity (Wildman–Crippen MR) is 164 cm³/mol. The Balaban J connectivity index is 1.10. The first-order valence-electron chi connectivity index (χ1n) is 16.8. The zero-order valence-corrected chi connectivity index (χ0v) is 26.2. The fraction of sp³-hybridized carbons (Fsp3) is 0.829. The number of hydrogen-bond donors (Lipinski definition) is 3. The van der Waals surface area contributed by atoms with Gasteiger partial charge < -0.3 is 20.5 Å². The number of rotatable bonds is 12. The van der Waals surface area contributed by atoms with E-state index in [1.165, 1.54) is 70.5 Å². The highest BCUT2D eigenvalue weighted by Gasteiger charge is 2.62. The number of fused-ring (bicyclic) bond motifs is 5. The van der Waals surface area contributed by atoms with Gasteiger partial charge in [0.1, 0.15) is 0 Å². The van der Waals surface area contributed by atoms with E-state index in [2.05, 4.69) is 42.5 Å². The number of carbonyl (C=O) groups excluding carboxylic acids is 1. The highest BCUT2D eigenvalue weighted by Crippen LogP contribution is 2.68. The van der Waals surface area contributed by atoms with E-state index >= 15 is 0 Å². The smallest absolute Gasteiger partial charge is 0.305 e. The van der Waals surface area contributed by atoms with E-state index in [1.54, 1.807) is 0 Å². The van der Waals surface area contributed by atoms with Crippen molar-refractivity contribution in [1.29, 1.82) is 0 Å². The molecule has 4 aliphatic carbocycles. The zero-order valence-electron chi connectivity index (χ0n) is 26.2. The summed E-state index contributed by atoms with van der Waals surface area (Å²) in [5, 5.41) is 19.2. The zero-order chi connectivity index (χ0) is 29.0. The Kier molecular flexibility index (Phi) is 10.1. The molecule has 3 N–H and O–H groups in total. The van der Waals surface area contributed by atoms with Gasteiger partial charge in [0.25, 0.3) is 0 Å². The van der Waals surface area contributed by atoms with Gasteiger partial charge in [-0.25, -0.2) is 0 Å². The van der Waals surface area contributed by atoms with Gasteiger partial charge in [-0.1, -0.05) is 26.8 Å². The Morgan fingerprint density at radius 3 is 2.66 bits per heavy atom. The lowest BCUT2D eigenvalue weighted by molar-refractivity contribution is -0.167. The minimum atomic E-state index is -0.156. The lowest BCUT2D eigenvalue weighted by atomic mass is 9.43. The molecule has 4 saturated carbocycles. The number of nitrogens with one attached hydrogen (secondary N) is 2. The third-order valence-electron chi connectivity index (χ3n) is 12.7. The summed E-state index contributed by atoms with van der Waals surface area (Å²) in [6.45, 7) is 10.5. The van der Waals surface area contributed by atoms with E-state index in [1.807, 2.05) is 18.5 Å². The fourth-order valence-corrected chi connectivity index (χ4v) is 10.4. The van der Waals surface area contributed by atoms with Gasteiger partial charge in [-0.15, -0.1) is 0 Å². The highest BCUT2D eigenvalue weighted by molar-refractivity contribution is 5.69. The largest absolute Gasteiger partial charge is 0.469 e. The molecule has 4 fully saturated rings. The molecule has 0 bridgehead atoms. The van der Waals surface area contributed by atoms with Crippen molar-refractivity contribution in [2.75, 3.05) is 20.2 Å². The van der Waals surface area contributed by atoms with Crippen LogP contribution in [0.5, 0.6) is 0 Å². The molecule has 4 aliphatic rings. The lowest BCUT2D eigenvalue weighted by Crippen LogP contribution is -2.59. The van der Waals surface area contributed by atoms with Crippen molar-refractivity contribution in [2.45, 2.75) is 117 Å². The van der Waals surface area contributed by atoms with Gasteiger partial charge in [-0.3, -0.25) is 9.78 Å². The second-order valence-electron chi connectivity index (χ2n) is 14.8. The van der Waals surface area contributed by atoms with Gasteiger partial charge in [0.05, 0.1) is 13.2 Å². The molecule has 3 unspecified atom stereocenters. The van der Waals surface area contributed by atoms with Crippen molar-refractivity contribution in [3.8, 4) is 0 Å². The molecule has 0 amide bonds. The van der Waals surface area contributed by atoms with Crippen molar-refractivity contribution in [3.05, 3.63) is 30.1 Å². The Hall–Kier alpha value is -1.50. The average molecular weight is 568 g/mol. The van der Waals surface area contributed by atoms with Gasteiger partial charge in [0, 0.05) is 31.4 Å². The number of esters is 1. The molecule has 1 aromatic heterocycles. The molecule has 0 spiro atoms. The van der Waals surface area contributed by atoms with Crippen molar-refractivity contribution < 1.29 is 14.6 Å². The number of carbonyl (C=O) groups is 1. The number of aliphatic hydroxyl groups is 1. The van der Waals surface area contributed by atoms with Crippen LogP contribution in [0.4, 0.5) is 0 Å². The molecule has 6 heteroatoms. The summed E-state index contributed by atoms with van der Waals surface area (Å²) in [5.41, 5.74) is 1.91. The summed E-state index contributed by atoms with van der Waals surface area (Å²) in [5.74, 6) is 3.47. The topological polar surface area (TPSA) is 83.5 Å². The summed E-state index contributed by atoms with van der Waals surface area (Å²) < 4.78 is 4.92. The van der Waals surface area contributed by atoms with Crippen LogP contribution in [0.3, 0.4) is 0 Å². The van der Waals surface area contributed by atoms with Crippen molar-refractivity contribution in [2.24, 2.45) is 46.3 Å². The first-order chi connectivity index (χ1) is 19.8. The standard InChI is InChI=1S/C35H57N3O3/c1-24(9-12-32(40)41-4)28-10-11-29-33-30(14-16-35(28,29)3)34(2)15-13-27(20-26(34)21-31(33)39)38-19-6-5-17-36-22-25-8-7-18-37-23-25/h7-8,18,23-24,26-31,33,36,38-39H,5-6,9-17,19-22H2,1-4H3/t24-,26+,27-,28-,29?,30?,31-,33?,34+,35-/m1/s1. The van der Waals surface area contributed by atoms with Crippen LogP contribution in [0.2, 0.25) is 0 Å². The van der Waals surface area contributed by atoms with E-state index < -0.39 is 0 Å². The van der Waals surface area contributed by atoms with Crippen LogP contribution in [0.1, 0.15) is 103 Å². The van der Waals surface area contributed by atoms with E-state index in [0.717, 1.165) is 32.5 Å². The first-order valence-corrected chi connectivity index (χ1v) is 16.8. The van der Waals surface area contributed by atoms with Crippen LogP contribution in [-0.4, -0.2) is 48.4 Å². The summed E-state index contributed by atoms with van der Waals surface area (Å²) in [6.07, 6.45) is 17.3. The monoisotopic (exact) mass is 567 g/mol. The Morgan fingerprint density at radius 2 is 1.88 bits per heavy atom. The highest BCUT2D eigenvalue weighted by atomic mass is 16.5. The van der Waals surface area contributed by atoms with Gasteiger partial charge in [0.15, 0.2) is 0 Å². The maximum absolute atomic E-state index is 11.8. The molecule has 0 aromatic carbocycles. The lowest BCUT2D eigenvalue weighted by Gasteiger charge is -2.62. The van der Waals surface area contributed by atoms with Gasteiger partial charge in [-0.2, -0.15) is 0 Å². The SMILES string of the molecule is COC(=O)CC[C@@H](C)[C@H]1CCC2C3C(CC[C@@]21C)[C@@]1(C)CC[C@@H](NCCCCNCc2cccnc2)C[C@H]1C[C@H]3O. The maximum Gasteiger partial charge on any atom is 0.305 e. The summed E-state index contributed by atoms with van der Waals surface area (Å²) in [6, 6.07) is 4.71. The summed E-state index contributed by atoms with van der Waals surface area (Å²) in [4.78, 5) is 16.0. The van der Waals surface area contributed by atoms with Gasteiger partial charge >= 0.3 is 5.97 Å². The third kappa shape index (κ3) is 6.55. The van der Waals surface area contributed by atoms with Gasteiger partial charge in [-0.05, 0) is 142 Å². The molecule has 0 radical (unpaired) electrons. The second kappa shape index (κ2) is 13.4. The van der Waals surface area contributed by atoms with E-state index in [-0.39, 0.29) is 12.1 Å². The van der Waals surface area contributed by atoms with Crippen LogP contribution in [0.15, 0.2) is 24.5 Å². The minimum Gasteiger partial charge on any atom is -0.469 e. The van der Waals surface area contributed by atoms with Crippen molar-refractivity contribution in [3.63, 3.8) is 0 Å². The molecule has 5 rings (SSSR count). The van der Waals surface area contributed by atoms with Crippen LogP contribution in [-0.2, 0) is 16.1 Å². The predicted octanol–water partition coefficient (Wildman–Crippen LogP) is 6.13. The van der Waals surface area contributed by atoms with E-state index in [9.17, 15) is 9.90 Å². The number of pyridine rings is 1. The Bertz CT molecular complexity index is 990. The molecule has 0 aliphatic heterocycles. The number of unbranched alkanes of at least 4 members (excludes halogenated alkanes) is 1. The minimum absolute atomic E-state index is 0.0826. The van der Waals surface area contributed by atoms with Crippen molar-refractivity contribution in [1.82, 2.24) is 15.6 Å². The number of nitrogens with zero attached hydrogens (tertiary/aromatic N) is 1. The molecule has 0 saturated heterocycles. The molecule has 10 atom stereocenters. The first kappa shape index (κ1) is 30.9. The number of methoxy groups -OCH3 is 1. The fourth-order valence-electron chi connectivity index (χ4n) is 10.4. The molecule has 6 nitrogen and oxygen atoms in total. The number of hydrogen-bond acceptors (Lipinski definition) is 6. The molecule has 1 aromatic rings.